The van der Waals surface area contributed by atoms with Crippen molar-refractivity contribution in [1.82, 2.24) is 4.98 Å². The van der Waals surface area contributed by atoms with Gasteiger partial charge in [0.05, 0.1) is 0 Å². The third-order valence-corrected chi connectivity index (χ3v) is 4.49. The molecule has 2 rings (SSSR count). The van der Waals surface area contributed by atoms with Crippen LogP contribution in [-0.2, 0) is 5.75 Å². The number of hydrogen-bond acceptors (Lipinski definition) is 4. The number of benzene rings is 1. The maximum atomic E-state index is 5.77. The van der Waals surface area contributed by atoms with Gasteiger partial charge < -0.3 is 5.73 Å². The van der Waals surface area contributed by atoms with Gasteiger partial charge in [-0.3, -0.25) is 0 Å². The summed E-state index contributed by atoms with van der Waals surface area (Å²) in [4.78, 5) is 6.41. The van der Waals surface area contributed by atoms with E-state index in [1.807, 2.05) is 25.3 Å². The second-order valence-electron chi connectivity index (χ2n) is 3.39. The minimum atomic E-state index is 0.601. The summed E-state index contributed by atoms with van der Waals surface area (Å²) in [6, 6.07) is 6.08. The summed E-state index contributed by atoms with van der Waals surface area (Å²) in [5, 5.41) is 0. The molecule has 1 aromatic carbocycles. The number of nitrogens with two attached hydrogens (primary N) is 1. The van der Waals surface area contributed by atoms with Gasteiger partial charge in [-0.25, -0.2) is 4.98 Å². The Morgan fingerprint density at radius 1 is 1.50 bits per heavy atom. The Bertz CT molecular complexity index is 496. The maximum absolute atomic E-state index is 5.77. The van der Waals surface area contributed by atoms with Gasteiger partial charge in [0.2, 0.25) is 0 Å². The predicted octanol–water partition coefficient (Wildman–Crippen LogP) is 3.98. The third-order valence-electron chi connectivity index (χ3n) is 2.15. The number of halogens is 1. The zero-order chi connectivity index (χ0) is 11.5. The van der Waals surface area contributed by atoms with Crippen molar-refractivity contribution in [3.8, 4) is 0 Å². The van der Waals surface area contributed by atoms with E-state index in [1.54, 1.807) is 11.8 Å². The molecule has 1 aromatic heterocycles. The normalized spacial score (nSPS) is 10.6. The number of anilines is 1. The maximum Gasteiger partial charge on any atom is 0.183 e. The fourth-order valence-electron chi connectivity index (χ4n) is 1.24. The van der Waals surface area contributed by atoms with Crippen LogP contribution in [0.15, 0.2) is 29.3 Å². The van der Waals surface area contributed by atoms with Crippen LogP contribution < -0.4 is 5.73 Å². The van der Waals surface area contributed by atoms with Crippen LogP contribution in [0.25, 0.3) is 0 Å². The van der Waals surface area contributed by atoms with Crippen molar-refractivity contribution < 1.29 is 0 Å². The van der Waals surface area contributed by atoms with E-state index in [-0.39, 0.29) is 0 Å². The Morgan fingerprint density at radius 3 is 2.94 bits per heavy atom. The zero-order valence-electron chi connectivity index (χ0n) is 8.74. The van der Waals surface area contributed by atoms with Gasteiger partial charge in [0.15, 0.2) is 4.47 Å². The van der Waals surface area contributed by atoms with Crippen molar-refractivity contribution in [1.29, 1.82) is 0 Å². The van der Waals surface area contributed by atoms with E-state index in [1.165, 1.54) is 21.1 Å². The van der Waals surface area contributed by atoms with Crippen LogP contribution in [0.5, 0.6) is 0 Å². The van der Waals surface area contributed by atoms with Crippen molar-refractivity contribution in [3.05, 3.63) is 39.3 Å². The quantitative estimate of drug-likeness (QED) is 0.677. The SMILES string of the molecule is Cc1cc(SCc2cnc(Cl)s2)ccc1N. The number of rotatable bonds is 3. The van der Waals surface area contributed by atoms with Gasteiger partial charge in [-0.05, 0) is 30.7 Å². The Hall–Kier alpha value is -0.710. The van der Waals surface area contributed by atoms with E-state index in [0.29, 0.717) is 4.47 Å². The highest BCUT2D eigenvalue weighted by molar-refractivity contribution is 7.98. The molecule has 16 heavy (non-hydrogen) atoms. The highest BCUT2D eigenvalue weighted by Crippen LogP contribution is 2.28. The van der Waals surface area contributed by atoms with Gasteiger partial charge in [0, 0.05) is 27.4 Å². The van der Waals surface area contributed by atoms with Gasteiger partial charge in [-0.1, -0.05) is 11.6 Å². The number of hydrogen-bond donors (Lipinski definition) is 1. The number of thioether (sulfide) groups is 1. The smallest absolute Gasteiger partial charge is 0.183 e. The lowest BCUT2D eigenvalue weighted by molar-refractivity contribution is 1.34. The Kier molecular flexibility index (Phi) is 3.74. The number of nitrogen functional groups attached to an aromatic ring is 1. The van der Waals surface area contributed by atoms with Crippen LogP contribution >= 0.6 is 34.7 Å². The topological polar surface area (TPSA) is 38.9 Å². The first-order valence-corrected chi connectivity index (χ1v) is 6.92. The van der Waals surface area contributed by atoms with Crippen LogP contribution in [-0.4, -0.2) is 4.98 Å². The Labute approximate surface area is 108 Å². The van der Waals surface area contributed by atoms with Crippen LogP contribution in [0.4, 0.5) is 5.69 Å². The van der Waals surface area contributed by atoms with E-state index < -0.39 is 0 Å². The van der Waals surface area contributed by atoms with Gasteiger partial charge in [0.25, 0.3) is 0 Å². The van der Waals surface area contributed by atoms with E-state index in [2.05, 4.69) is 11.1 Å². The molecule has 0 fully saturated rings. The molecule has 2 N–H and O–H groups in total. The molecule has 0 unspecified atom stereocenters. The summed E-state index contributed by atoms with van der Waals surface area (Å²) in [6.45, 7) is 2.02. The first-order valence-electron chi connectivity index (χ1n) is 4.74. The molecule has 0 saturated carbocycles. The van der Waals surface area contributed by atoms with Crippen LogP contribution in [0, 0.1) is 6.92 Å². The van der Waals surface area contributed by atoms with E-state index in [9.17, 15) is 0 Å². The van der Waals surface area contributed by atoms with Crippen LogP contribution in [0.3, 0.4) is 0 Å². The van der Waals surface area contributed by atoms with Crippen molar-refractivity contribution >= 4 is 40.4 Å². The predicted molar refractivity (Wildman–Crippen MR) is 72.3 cm³/mol. The summed E-state index contributed by atoms with van der Waals surface area (Å²) in [5.41, 5.74) is 7.72. The lowest BCUT2D eigenvalue weighted by atomic mass is 10.2. The van der Waals surface area contributed by atoms with Gasteiger partial charge >= 0.3 is 0 Å². The molecule has 2 aromatic rings. The Balaban J connectivity index is 2.02. The molecule has 84 valence electrons. The molecule has 5 heteroatoms. The second kappa shape index (κ2) is 5.08. The summed E-state index contributed by atoms with van der Waals surface area (Å²) in [5.74, 6) is 0.897. The van der Waals surface area contributed by atoms with Crippen molar-refractivity contribution in [2.24, 2.45) is 0 Å². The van der Waals surface area contributed by atoms with Gasteiger partial charge in [0.1, 0.15) is 0 Å². The lowest BCUT2D eigenvalue weighted by Crippen LogP contribution is -1.88. The molecule has 2 nitrogen and oxygen atoms in total. The highest BCUT2D eigenvalue weighted by Gasteiger charge is 2.02. The summed E-state index contributed by atoms with van der Waals surface area (Å²) >= 11 is 9.06. The molecule has 0 aliphatic carbocycles. The number of nitrogens with zero attached hydrogens (tertiary/aromatic N) is 1. The van der Waals surface area contributed by atoms with Crippen LogP contribution in [0.2, 0.25) is 4.47 Å². The van der Waals surface area contributed by atoms with Crippen molar-refractivity contribution in [2.45, 2.75) is 17.6 Å². The standard InChI is InChI=1S/C11H11ClN2S2/c1-7-4-8(2-3-10(7)13)15-6-9-5-14-11(12)16-9/h2-5H,6,13H2,1H3. The van der Waals surface area contributed by atoms with Gasteiger partial charge in [-0.15, -0.1) is 23.1 Å². The molecular formula is C11H11ClN2S2. The molecular weight excluding hydrogens is 260 g/mol. The lowest BCUT2D eigenvalue weighted by Gasteiger charge is -2.03. The molecule has 0 aliphatic heterocycles. The van der Waals surface area contributed by atoms with Gasteiger partial charge in [-0.2, -0.15) is 0 Å². The fourth-order valence-corrected chi connectivity index (χ4v) is 3.24. The third kappa shape index (κ3) is 2.90. The molecule has 0 spiro atoms. The largest absolute Gasteiger partial charge is 0.399 e. The number of aromatic nitrogens is 1. The molecule has 0 atom stereocenters. The molecule has 1 heterocycles. The average molecular weight is 271 g/mol. The van der Waals surface area contributed by atoms with Crippen molar-refractivity contribution in [3.63, 3.8) is 0 Å². The first kappa shape index (κ1) is 11.8. The summed E-state index contributed by atoms with van der Waals surface area (Å²) in [6.07, 6.45) is 1.82. The minimum absolute atomic E-state index is 0.601. The minimum Gasteiger partial charge on any atom is -0.399 e. The van der Waals surface area contributed by atoms with E-state index >= 15 is 0 Å². The van der Waals surface area contributed by atoms with Crippen LogP contribution in [0.1, 0.15) is 10.4 Å². The molecule has 0 amide bonds. The Morgan fingerprint density at radius 2 is 2.31 bits per heavy atom. The monoisotopic (exact) mass is 270 g/mol. The fraction of sp³-hybridized carbons (Fsp3) is 0.182. The summed E-state index contributed by atoms with van der Waals surface area (Å²) < 4.78 is 0.601. The van der Waals surface area contributed by atoms with Crippen molar-refractivity contribution in [2.75, 3.05) is 5.73 Å². The molecule has 0 aliphatic rings. The average Bonchev–Trinajstić information content (AvgIpc) is 2.66. The first-order chi connectivity index (χ1) is 7.65. The van der Waals surface area contributed by atoms with E-state index in [4.69, 9.17) is 17.3 Å². The second-order valence-corrected chi connectivity index (χ2v) is 6.13. The molecule has 0 saturated heterocycles. The zero-order valence-corrected chi connectivity index (χ0v) is 11.1. The number of aryl methyl sites for hydroxylation is 1. The number of thiazole rings is 1. The molecule has 0 radical (unpaired) electrons. The molecule has 0 bridgehead atoms. The highest BCUT2D eigenvalue weighted by atomic mass is 35.5. The van der Waals surface area contributed by atoms with E-state index in [0.717, 1.165) is 17.0 Å². The summed E-state index contributed by atoms with van der Waals surface area (Å²) in [7, 11) is 0.